The fourth-order valence-corrected chi connectivity index (χ4v) is 4.94. The number of rotatable bonds is 6. The number of aromatic carboxylic acids is 1. The minimum Gasteiger partial charge on any atom is -0.496 e. The van der Waals surface area contributed by atoms with Crippen molar-refractivity contribution >= 4 is 17.0 Å². The van der Waals surface area contributed by atoms with E-state index < -0.39 is 23.9 Å². The third kappa shape index (κ3) is 4.39. The van der Waals surface area contributed by atoms with Gasteiger partial charge in [-0.25, -0.2) is 4.79 Å². The van der Waals surface area contributed by atoms with Gasteiger partial charge in [-0.05, 0) is 57.2 Å². The first-order valence-corrected chi connectivity index (χ1v) is 11.9. The minimum absolute atomic E-state index is 0.0264. The molecule has 200 valence electrons. The summed E-state index contributed by atoms with van der Waals surface area (Å²) >= 11 is 0. The van der Waals surface area contributed by atoms with Gasteiger partial charge in [0.1, 0.15) is 17.2 Å². The molecule has 0 aliphatic rings. The predicted molar refractivity (Wildman–Crippen MR) is 137 cm³/mol. The summed E-state index contributed by atoms with van der Waals surface area (Å²) in [6, 6.07) is 9.59. The molecule has 1 aromatic carbocycles. The van der Waals surface area contributed by atoms with Crippen molar-refractivity contribution in [1.82, 2.24) is 19.7 Å². The average molecular weight is 537 g/mol. The number of aryl methyl sites for hydroxylation is 2. The van der Waals surface area contributed by atoms with Gasteiger partial charge in [0.25, 0.3) is 0 Å². The van der Waals surface area contributed by atoms with E-state index >= 15 is 13.2 Å². The lowest BCUT2D eigenvalue weighted by Gasteiger charge is -2.21. The summed E-state index contributed by atoms with van der Waals surface area (Å²) in [6.45, 7) is 5.09. The summed E-state index contributed by atoms with van der Waals surface area (Å²) in [4.78, 5) is 20.4. The lowest BCUT2D eigenvalue weighted by molar-refractivity contribution is -0.143. The number of ether oxygens (including phenoxy) is 1. The van der Waals surface area contributed by atoms with Crippen LogP contribution in [0.4, 0.5) is 13.2 Å². The fourth-order valence-electron chi connectivity index (χ4n) is 4.94. The molecular formula is C28H23F3N4O4. The molecule has 0 aliphatic carbocycles. The van der Waals surface area contributed by atoms with Crippen molar-refractivity contribution < 1.29 is 32.3 Å². The van der Waals surface area contributed by atoms with Crippen LogP contribution in [0.5, 0.6) is 5.75 Å². The van der Waals surface area contributed by atoms with Gasteiger partial charge < -0.3 is 18.9 Å². The topological polar surface area (TPSA) is 103 Å². The van der Waals surface area contributed by atoms with Crippen molar-refractivity contribution in [2.75, 3.05) is 7.11 Å². The van der Waals surface area contributed by atoms with E-state index in [1.165, 1.54) is 42.3 Å². The van der Waals surface area contributed by atoms with Gasteiger partial charge in [-0.3, -0.25) is 9.97 Å². The molecule has 0 radical (unpaired) electrons. The van der Waals surface area contributed by atoms with E-state index in [9.17, 15) is 9.90 Å². The number of carboxylic acids is 1. The SMILES string of the molecule is COc1cc(C(=O)O)ccc1-c1c(C(F)(F)F)n([C@@H](C)c2ccccn2)c2cc(-c3c(C)noc3C)cnc12. The lowest BCUT2D eigenvalue weighted by Crippen LogP contribution is -2.19. The maximum absolute atomic E-state index is 15.0. The smallest absolute Gasteiger partial charge is 0.432 e. The van der Waals surface area contributed by atoms with Crippen LogP contribution in [0.1, 0.15) is 46.2 Å². The molecule has 4 heterocycles. The van der Waals surface area contributed by atoms with Gasteiger partial charge in [0.2, 0.25) is 0 Å². The molecule has 0 bridgehead atoms. The average Bonchev–Trinajstić information content (AvgIpc) is 3.44. The van der Waals surface area contributed by atoms with Crippen LogP contribution in [0.3, 0.4) is 0 Å². The number of hydrogen-bond donors (Lipinski definition) is 1. The van der Waals surface area contributed by atoms with Gasteiger partial charge >= 0.3 is 12.1 Å². The van der Waals surface area contributed by atoms with Crippen LogP contribution < -0.4 is 4.74 Å². The Bertz CT molecular complexity index is 1690. The molecule has 1 atom stereocenters. The van der Waals surface area contributed by atoms with E-state index in [0.717, 1.165) is 0 Å². The van der Waals surface area contributed by atoms with Crippen molar-refractivity contribution in [3.8, 4) is 28.0 Å². The number of pyridine rings is 2. The van der Waals surface area contributed by atoms with E-state index in [0.29, 0.717) is 28.3 Å². The molecule has 0 amide bonds. The second-order valence-electron chi connectivity index (χ2n) is 9.03. The molecule has 4 aromatic heterocycles. The Hall–Kier alpha value is -4.67. The van der Waals surface area contributed by atoms with Gasteiger partial charge in [-0.15, -0.1) is 0 Å². The summed E-state index contributed by atoms with van der Waals surface area (Å²) in [5.41, 5.74) is 1.21. The maximum Gasteiger partial charge on any atom is 0.432 e. The summed E-state index contributed by atoms with van der Waals surface area (Å²) in [7, 11) is 1.27. The van der Waals surface area contributed by atoms with Gasteiger partial charge in [0.15, 0.2) is 0 Å². The standard InChI is InChI=1S/C28H23F3N4O4/c1-14-23(16(3)39-34-14)18-11-21-25(33-13-18)24(19-9-8-17(27(36)37)12-22(19)38-4)26(28(29,30)31)35(21)15(2)20-7-5-6-10-32-20/h5-13,15H,1-4H3,(H,36,37)/t15-/m0/s1. The highest BCUT2D eigenvalue weighted by Crippen LogP contribution is 2.48. The van der Waals surface area contributed by atoms with Gasteiger partial charge in [0, 0.05) is 34.6 Å². The van der Waals surface area contributed by atoms with Gasteiger partial charge in [0.05, 0.1) is 41.1 Å². The molecule has 0 fully saturated rings. The lowest BCUT2D eigenvalue weighted by atomic mass is 10.00. The molecule has 0 saturated carbocycles. The minimum atomic E-state index is -4.82. The van der Waals surface area contributed by atoms with Crippen molar-refractivity contribution in [2.45, 2.75) is 33.0 Å². The van der Waals surface area contributed by atoms with E-state index in [1.54, 1.807) is 45.0 Å². The highest BCUT2D eigenvalue weighted by Gasteiger charge is 2.42. The normalized spacial score (nSPS) is 12.6. The predicted octanol–water partition coefficient (Wildman–Crippen LogP) is 6.71. The van der Waals surface area contributed by atoms with E-state index in [2.05, 4.69) is 15.1 Å². The van der Waals surface area contributed by atoms with Crippen molar-refractivity contribution in [2.24, 2.45) is 0 Å². The number of fused-ring (bicyclic) bond motifs is 1. The van der Waals surface area contributed by atoms with E-state index in [1.807, 2.05) is 0 Å². The molecule has 5 rings (SSSR count). The summed E-state index contributed by atoms with van der Waals surface area (Å²) < 4.78 is 56.9. The number of carboxylic acid groups (broad SMARTS) is 1. The Morgan fingerprint density at radius 3 is 2.46 bits per heavy atom. The quantitative estimate of drug-likeness (QED) is 0.257. The number of carbonyl (C=O) groups is 1. The number of alkyl halides is 3. The molecule has 0 aliphatic heterocycles. The molecule has 0 spiro atoms. The Morgan fingerprint density at radius 2 is 1.87 bits per heavy atom. The highest BCUT2D eigenvalue weighted by atomic mass is 19.4. The third-order valence-electron chi connectivity index (χ3n) is 6.65. The van der Waals surface area contributed by atoms with Crippen LogP contribution in [0.25, 0.3) is 33.3 Å². The molecule has 1 N–H and O–H groups in total. The van der Waals surface area contributed by atoms with Gasteiger partial charge in [-0.2, -0.15) is 13.2 Å². The van der Waals surface area contributed by atoms with E-state index in [-0.39, 0.29) is 33.5 Å². The number of hydrogen-bond acceptors (Lipinski definition) is 6. The Balaban J connectivity index is 1.92. The zero-order valence-electron chi connectivity index (χ0n) is 21.4. The monoisotopic (exact) mass is 536 g/mol. The molecule has 0 unspecified atom stereocenters. The zero-order valence-corrected chi connectivity index (χ0v) is 21.4. The molecule has 5 aromatic rings. The number of nitrogens with zero attached hydrogens (tertiary/aromatic N) is 4. The van der Waals surface area contributed by atoms with Crippen LogP contribution in [-0.2, 0) is 6.18 Å². The van der Waals surface area contributed by atoms with Crippen LogP contribution in [0.2, 0.25) is 0 Å². The first kappa shape index (κ1) is 26.0. The summed E-state index contributed by atoms with van der Waals surface area (Å²) in [6.07, 6.45) is -1.82. The zero-order chi connectivity index (χ0) is 28.1. The van der Waals surface area contributed by atoms with Crippen LogP contribution in [0, 0.1) is 13.8 Å². The van der Waals surface area contributed by atoms with Crippen molar-refractivity contribution in [3.05, 3.63) is 83.3 Å². The van der Waals surface area contributed by atoms with E-state index in [4.69, 9.17) is 9.26 Å². The maximum atomic E-state index is 15.0. The number of methoxy groups -OCH3 is 1. The largest absolute Gasteiger partial charge is 0.496 e. The highest BCUT2D eigenvalue weighted by molar-refractivity contribution is 6.00. The Kier molecular flexibility index (Phi) is 6.37. The number of benzene rings is 1. The molecule has 0 saturated heterocycles. The number of aromatic nitrogens is 4. The summed E-state index contributed by atoms with van der Waals surface area (Å²) in [5.74, 6) is -0.752. The van der Waals surface area contributed by atoms with Crippen molar-refractivity contribution in [1.29, 1.82) is 0 Å². The molecule has 8 nitrogen and oxygen atoms in total. The summed E-state index contributed by atoms with van der Waals surface area (Å²) in [5, 5.41) is 13.4. The van der Waals surface area contributed by atoms with Crippen LogP contribution in [-0.4, -0.2) is 37.9 Å². The first-order valence-electron chi connectivity index (χ1n) is 11.9. The van der Waals surface area contributed by atoms with Gasteiger partial charge in [-0.1, -0.05) is 11.2 Å². The molecular weight excluding hydrogens is 513 g/mol. The molecule has 11 heteroatoms. The van der Waals surface area contributed by atoms with Crippen LogP contribution >= 0.6 is 0 Å². The van der Waals surface area contributed by atoms with Crippen molar-refractivity contribution in [3.63, 3.8) is 0 Å². The number of halogens is 3. The molecule has 39 heavy (non-hydrogen) atoms. The Labute approximate surface area is 220 Å². The first-order chi connectivity index (χ1) is 18.5. The Morgan fingerprint density at radius 1 is 1.10 bits per heavy atom. The fraction of sp³-hybridized carbons (Fsp3) is 0.214. The second-order valence-corrected chi connectivity index (χ2v) is 9.03. The van der Waals surface area contributed by atoms with Crippen LogP contribution in [0.15, 0.2) is 59.4 Å². The second kappa shape index (κ2) is 9.57. The third-order valence-corrected chi connectivity index (χ3v) is 6.65.